The first-order chi connectivity index (χ1) is 17.1. The Hall–Kier alpha value is -3.38. The molecule has 0 spiro atoms. The van der Waals surface area contributed by atoms with Crippen LogP contribution in [0.1, 0.15) is 24.5 Å². The van der Waals surface area contributed by atoms with Gasteiger partial charge in [-0.25, -0.2) is 4.79 Å². The zero-order chi connectivity index (χ0) is 26.7. The molecule has 5 N–H and O–H groups in total. The highest BCUT2D eigenvalue weighted by Gasteiger charge is 2.40. The molecule has 196 valence electrons. The first kappa shape index (κ1) is 28.9. The maximum atomic E-state index is 10.3. The van der Waals surface area contributed by atoms with Crippen LogP contribution in [0.5, 0.6) is 11.5 Å². The smallest absolute Gasteiger partial charge is 0.336 e. The number of morpholine rings is 1. The standard InChI is InChI=1S/C18H20ClNO3.C6H8O7/c1-21-16-11-14(19)7-8-15(16)23-18(13-5-3-2-4-6-13)17-12-20-9-10-22-17;7-3(8)1-6(13,5(11)12)2-4(9)10/h2-8,11,17-18,20H,9-10,12H2,1H3;13H,1-2H2,(H,7,8)(H,9,10)(H,11,12)/t17-,18-;/m0./s1. The van der Waals surface area contributed by atoms with E-state index in [0.717, 1.165) is 18.7 Å². The van der Waals surface area contributed by atoms with E-state index in [9.17, 15) is 14.4 Å². The molecule has 0 aromatic heterocycles. The summed E-state index contributed by atoms with van der Waals surface area (Å²) in [6.45, 7) is 2.28. The largest absolute Gasteiger partial charge is 0.493 e. The van der Waals surface area contributed by atoms with Crippen LogP contribution in [0, 0.1) is 0 Å². The van der Waals surface area contributed by atoms with Gasteiger partial charge >= 0.3 is 17.9 Å². The van der Waals surface area contributed by atoms with Gasteiger partial charge in [-0.1, -0.05) is 41.9 Å². The van der Waals surface area contributed by atoms with Gasteiger partial charge in [-0.05, 0) is 17.7 Å². The summed E-state index contributed by atoms with van der Waals surface area (Å²) in [5.74, 6) is -3.75. The van der Waals surface area contributed by atoms with Crippen LogP contribution in [0.2, 0.25) is 5.02 Å². The van der Waals surface area contributed by atoms with Crippen molar-refractivity contribution in [3.63, 3.8) is 0 Å². The number of carboxylic acids is 3. The summed E-state index contributed by atoms with van der Waals surface area (Å²) in [5.41, 5.74) is -1.67. The van der Waals surface area contributed by atoms with Crippen LogP contribution in [0.25, 0.3) is 0 Å². The second-order valence-electron chi connectivity index (χ2n) is 7.84. The molecule has 0 saturated carbocycles. The summed E-state index contributed by atoms with van der Waals surface area (Å²) < 4.78 is 17.6. The van der Waals surface area contributed by atoms with Gasteiger partial charge in [0.2, 0.25) is 0 Å². The van der Waals surface area contributed by atoms with Crippen molar-refractivity contribution in [2.45, 2.75) is 30.7 Å². The first-order valence-corrected chi connectivity index (χ1v) is 11.2. The normalized spacial score (nSPS) is 16.1. The summed E-state index contributed by atoms with van der Waals surface area (Å²) >= 11 is 6.03. The maximum Gasteiger partial charge on any atom is 0.336 e. The topological polar surface area (TPSA) is 172 Å². The number of aliphatic hydroxyl groups is 1. The van der Waals surface area contributed by atoms with Crippen molar-refractivity contribution < 1.29 is 49.0 Å². The van der Waals surface area contributed by atoms with Gasteiger partial charge in [-0.3, -0.25) is 9.59 Å². The number of carbonyl (C=O) groups is 3. The van der Waals surface area contributed by atoms with Crippen LogP contribution in [0.15, 0.2) is 48.5 Å². The summed E-state index contributed by atoms with van der Waals surface area (Å²) in [7, 11) is 1.61. The van der Waals surface area contributed by atoms with E-state index in [-0.39, 0.29) is 12.2 Å². The van der Waals surface area contributed by atoms with E-state index in [1.54, 1.807) is 19.2 Å². The summed E-state index contributed by atoms with van der Waals surface area (Å²) in [6, 6.07) is 15.5. The number of ether oxygens (including phenoxy) is 3. The molecule has 0 amide bonds. The van der Waals surface area contributed by atoms with Crippen molar-refractivity contribution in [3.8, 4) is 11.5 Å². The summed E-state index contributed by atoms with van der Waals surface area (Å²) in [6.07, 6.45) is -2.57. The fourth-order valence-corrected chi connectivity index (χ4v) is 3.53. The summed E-state index contributed by atoms with van der Waals surface area (Å²) in [5, 5.41) is 37.8. The van der Waals surface area contributed by atoms with Gasteiger partial charge in [0.05, 0.1) is 26.6 Å². The quantitative estimate of drug-likeness (QED) is 0.308. The van der Waals surface area contributed by atoms with Gasteiger partial charge in [0.1, 0.15) is 6.10 Å². The van der Waals surface area contributed by atoms with Gasteiger partial charge in [0, 0.05) is 24.2 Å². The predicted octanol–water partition coefficient (Wildman–Crippen LogP) is 2.21. The molecule has 1 saturated heterocycles. The predicted molar refractivity (Wildman–Crippen MR) is 128 cm³/mol. The number of hydrogen-bond acceptors (Lipinski definition) is 8. The van der Waals surface area contributed by atoms with Crippen LogP contribution in [0.3, 0.4) is 0 Å². The molecule has 0 unspecified atom stereocenters. The van der Waals surface area contributed by atoms with Crippen molar-refractivity contribution >= 4 is 29.5 Å². The third-order valence-corrected chi connectivity index (χ3v) is 5.32. The Kier molecular flexibility index (Phi) is 10.9. The maximum absolute atomic E-state index is 10.3. The number of halogens is 1. The van der Waals surface area contributed by atoms with Gasteiger partial charge in [0.25, 0.3) is 0 Å². The lowest BCUT2D eigenvalue weighted by molar-refractivity contribution is -0.170. The molecule has 11 nitrogen and oxygen atoms in total. The Bertz CT molecular complexity index is 1010. The zero-order valence-electron chi connectivity index (χ0n) is 19.4. The highest BCUT2D eigenvalue weighted by molar-refractivity contribution is 6.30. The molecule has 1 aliphatic heterocycles. The number of benzene rings is 2. The van der Waals surface area contributed by atoms with Crippen molar-refractivity contribution in [3.05, 3.63) is 59.1 Å². The molecule has 2 atom stereocenters. The van der Waals surface area contributed by atoms with E-state index in [4.69, 9.17) is 46.2 Å². The van der Waals surface area contributed by atoms with E-state index < -0.39 is 36.4 Å². The number of rotatable bonds is 10. The fraction of sp³-hybridized carbons (Fsp3) is 0.375. The minimum absolute atomic E-state index is 0.0634. The minimum atomic E-state index is -2.74. The van der Waals surface area contributed by atoms with Crippen molar-refractivity contribution in [1.82, 2.24) is 5.32 Å². The Morgan fingerprint density at radius 1 is 1.08 bits per heavy atom. The molecule has 0 bridgehead atoms. The Morgan fingerprint density at radius 3 is 2.22 bits per heavy atom. The molecule has 2 aromatic carbocycles. The highest BCUT2D eigenvalue weighted by atomic mass is 35.5. The van der Waals surface area contributed by atoms with Crippen molar-refractivity contribution in [2.75, 3.05) is 26.8 Å². The van der Waals surface area contributed by atoms with Crippen LogP contribution < -0.4 is 14.8 Å². The fourth-order valence-electron chi connectivity index (χ4n) is 3.37. The van der Waals surface area contributed by atoms with Gasteiger partial charge < -0.3 is 40.0 Å². The number of aliphatic carboxylic acids is 3. The van der Waals surface area contributed by atoms with Gasteiger partial charge in [-0.15, -0.1) is 0 Å². The van der Waals surface area contributed by atoms with Gasteiger partial charge in [-0.2, -0.15) is 0 Å². The van der Waals surface area contributed by atoms with Crippen LogP contribution in [0.4, 0.5) is 0 Å². The molecule has 2 aromatic rings. The monoisotopic (exact) mass is 525 g/mol. The van der Waals surface area contributed by atoms with E-state index in [1.807, 2.05) is 36.4 Å². The average Bonchev–Trinajstić information content (AvgIpc) is 2.83. The lowest BCUT2D eigenvalue weighted by atomic mass is 9.96. The SMILES string of the molecule is COc1cc(Cl)ccc1O[C@@H](c1ccccc1)[C@@H]1CNCCO1.O=C(O)CC(O)(CC(=O)O)C(=O)O. The Labute approximate surface area is 212 Å². The Morgan fingerprint density at radius 2 is 1.72 bits per heavy atom. The zero-order valence-corrected chi connectivity index (χ0v) is 20.2. The third kappa shape index (κ3) is 8.68. The Balaban J connectivity index is 0.000000302. The lowest BCUT2D eigenvalue weighted by Crippen LogP contribution is -2.43. The molecule has 1 aliphatic rings. The molecular weight excluding hydrogens is 498 g/mol. The number of nitrogens with one attached hydrogen (secondary N) is 1. The number of carboxylic acid groups (broad SMARTS) is 3. The third-order valence-electron chi connectivity index (χ3n) is 5.09. The molecular formula is C24H28ClNO10. The summed E-state index contributed by atoms with van der Waals surface area (Å²) in [4.78, 5) is 30.5. The molecule has 0 radical (unpaired) electrons. The van der Waals surface area contributed by atoms with Crippen LogP contribution in [-0.4, -0.2) is 76.8 Å². The minimum Gasteiger partial charge on any atom is -0.493 e. The number of methoxy groups -OCH3 is 1. The van der Waals surface area contributed by atoms with E-state index in [0.29, 0.717) is 23.1 Å². The second-order valence-corrected chi connectivity index (χ2v) is 8.27. The van der Waals surface area contributed by atoms with Crippen molar-refractivity contribution in [2.24, 2.45) is 0 Å². The lowest BCUT2D eigenvalue weighted by Gasteiger charge is -2.32. The highest BCUT2D eigenvalue weighted by Crippen LogP contribution is 2.35. The second kappa shape index (κ2) is 13.6. The molecule has 1 heterocycles. The molecule has 12 heteroatoms. The van der Waals surface area contributed by atoms with E-state index in [1.165, 1.54) is 0 Å². The average molecular weight is 526 g/mol. The molecule has 1 fully saturated rings. The number of hydrogen-bond donors (Lipinski definition) is 5. The molecule has 0 aliphatic carbocycles. The first-order valence-electron chi connectivity index (χ1n) is 10.8. The molecule has 36 heavy (non-hydrogen) atoms. The van der Waals surface area contributed by atoms with Crippen molar-refractivity contribution in [1.29, 1.82) is 0 Å². The van der Waals surface area contributed by atoms with E-state index in [2.05, 4.69) is 5.32 Å². The van der Waals surface area contributed by atoms with Crippen LogP contribution >= 0.6 is 11.6 Å². The van der Waals surface area contributed by atoms with E-state index >= 15 is 0 Å². The van der Waals surface area contributed by atoms with Gasteiger partial charge in [0.15, 0.2) is 23.2 Å². The van der Waals surface area contributed by atoms with Crippen LogP contribution in [-0.2, 0) is 19.1 Å². The molecule has 3 rings (SSSR count).